The Labute approximate surface area is 333 Å². The number of quaternary nitrogens is 5. The summed E-state index contributed by atoms with van der Waals surface area (Å²) in [6.07, 6.45) is 33.2. The van der Waals surface area contributed by atoms with Crippen molar-refractivity contribution in [2.45, 2.75) is 59.5 Å². The Hall–Kier alpha value is -4.15. The van der Waals surface area contributed by atoms with E-state index in [4.69, 9.17) is 0 Å². The highest BCUT2D eigenvalue weighted by molar-refractivity contribution is 4.69. The van der Waals surface area contributed by atoms with Crippen molar-refractivity contribution in [2.75, 3.05) is 106 Å². The number of aryl methyl sites for hydroxylation is 3. The first-order chi connectivity index (χ1) is 25.2. The molecule has 0 radical (unpaired) electrons. The van der Waals surface area contributed by atoms with Crippen LogP contribution in [0.3, 0.4) is 0 Å². The van der Waals surface area contributed by atoms with Gasteiger partial charge in [0.25, 0.3) is 12.7 Å². The van der Waals surface area contributed by atoms with Crippen molar-refractivity contribution in [2.24, 2.45) is 7.05 Å². The second kappa shape index (κ2) is 18.7. The van der Waals surface area contributed by atoms with Crippen molar-refractivity contribution in [1.29, 1.82) is 0 Å². The van der Waals surface area contributed by atoms with Crippen LogP contribution >= 0.6 is 0 Å². The number of nitrogens with zero attached hydrogens (tertiary/aromatic N) is 15. The lowest BCUT2D eigenvalue weighted by Gasteiger charge is -2.21. The van der Waals surface area contributed by atoms with Crippen molar-refractivity contribution in [3.8, 4) is 0 Å². The van der Waals surface area contributed by atoms with Gasteiger partial charge in [0.2, 0.25) is 59.0 Å². The van der Waals surface area contributed by atoms with Gasteiger partial charge in [-0.1, -0.05) is 0 Å². The van der Waals surface area contributed by atoms with Gasteiger partial charge in [0.15, 0.2) is 0 Å². The number of hydrogen-bond donors (Lipinski definition) is 0. The van der Waals surface area contributed by atoms with E-state index in [9.17, 15) is 0 Å². The molecular weight excluding hydrogens is 691 g/mol. The molecule has 0 fully saturated rings. The summed E-state index contributed by atoms with van der Waals surface area (Å²) in [6, 6.07) is 0. The lowest BCUT2D eigenvalue weighted by Crippen LogP contribution is -2.49. The summed E-state index contributed by atoms with van der Waals surface area (Å²) < 4.78 is 26.8. The van der Waals surface area contributed by atoms with Gasteiger partial charge in [-0.25, -0.2) is 13.7 Å². The molecule has 0 aliphatic heterocycles. The van der Waals surface area contributed by atoms with Crippen LogP contribution in [0.25, 0.3) is 0 Å². The second-order valence-corrected chi connectivity index (χ2v) is 20.5. The summed E-state index contributed by atoms with van der Waals surface area (Å²) in [5, 5.41) is 0. The average molecular weight is 772 g/mol. The first kappa shape index (κ1) is 45.2. The Morgan fingerprint density at radius 1 is 0.364 bits per heavy atom. The fourth-order valence-electron chi connectivity index (χ4n) is 6.18. The largest absolute Gasteiger partial charge is 0.295 e. The van der Waals surface area contributed by atoms with E-state index >= 15 is 0 Å². The summed E-state index contributed by atoms with van der Waals surface area (Å²) in [5.74, 6) is 0. The van der Waals surface area contributed by atoms with E-state index in [1.165, 1.54) is 0 Å². The predicted molar refractivity (Wildman–Crippen MR) is 214 cm³/mol. The molecule has 15 nitrogen and oxygen atoms in total. The normalized spacial score (nSPS) is 12.7. The molecule has 5 aromatic rings. The van der Waals surface area contributed by atoms with Crippen LogP contribution in [0.15, 0.2) is 93.6 Å². The van der Waals surface area contributed by atoms with Gasteiger partial charge in [-0.2, -0.15) is 32.0 Å². The maximum atomic E-state index is 2.28. The van der Waals surface area contributed by atoms with E-state index in [-0.39, 0.29) is 0 Å². The molecule has 5 heterocycles. The zero-order chi connectivity index (χ0) is 41.2. The predicted octanol–water partition coefficient (Wildman–Crippen LogP) is -0.0436. The lowest BCUT2D eigenvalue weighted by molar-refractivity contribution is -1.02. The van der Waals surface area contributed by atoms with Gasteiger partial charge in [0.1, 0.15) is 62.0 Å². The number of hydrogen-bond acceptors (Lipinski definition) is 0. The van der Waals surface area contributed by atoms with Gasteiger partial charge < -0.3 is 0 Å². The maximum absolute atomic E-state index is 2.28. The first-order valence-corrected chi connectivity index (χ1v) is 19.4. The molecule has 15 heteroatoms. The van der Waals surface area contributed by atoms with E-state index in [2.05, 4.69) is 234 Å². The van der Waals surface area contributed by atoms with Crippen LogP contribution in [0.1, 0.15) is 6.42 Å². The Morgan fingerprint density at radius 2 is 0.691 bits per heavy atom. The summed E-state index contributed by atoms with van der Waals surface area (Å²) in [5.41, 5.74) is 0. The molecule has 0 N–H and O–H groups in total. The highest BCUT2D eigenvalue weighted by Crippen LogP contribution is 1.99. The van der Waals surface area contributed by atoms with Gasteiger partial charge in [-0.15, -0.1) is 0 Å². The van der Waals surface area contributed by atoms with Crippen molar-refractivity contribution >= 4 is 0 Å². The third-order valence-electron chi connectivity index (χ3n) is 7.91. The third-order valence-corrected chi connectivity index (χ3v) is 7.91. The molecule has 0 aromatic carbocycles. The molecule has 0 unspecified atom stereocenters. The smallest absolute Gasteiger partial charge is 0.252 e. The Balaban J connectivity index is 0.000000228. The fraction of sp³-hybridized carbons (Fsp3) is 0.625. The average Bonchev–Trinajstić information content (AvgIpc) is 3.82. The first-order valence-electron chi connectivity index (χ1n) is 19.4. The second-order valence-electron chi connectivity index (χ2n) is 20.5. The SMILES string of the molecule is C[N+](C)(C)C[n+]1ccn(CCCn2cc[n+](C[N+](C)(C)C)c2)c1.C[N+](C)(C)Cn1cc[n+](C[N+](C)(C)C)c1.C[n+]1ccn(C[n+]2ccn(C[N+](C)(C)C)c2)c1. The molecule has 0 atom stereocenters. The van der Waals surface area contributed by atoms with Gasteiger partial charge in [-0.05, 0) is 0 Å². The molecule has 0 aliphatic rings. The van der Waals surface area contributed by atoms with Crippen LogP contribution in [0.5, 0.6) is 0 Å². The van der Waals surface area contributed by atoms with Crippen LogP contribution in [0.2, 0.25) is 0 Å². The van der Waals surface area contributed by atoms with Crippen LogP contribution in [0, 0.1) is 0 Å². The Morgan fingerprint density at radius 3 is 1.04 bits per heavy atom. The van der Waals surface area contributed by atoms with E-state index in [0.29, 0.717) is 0 Å². The molecule has 0 aliphatic carbocycles. The summed E-state index contributed by atoms with van der Waals surface area (Å²) >= 11 is 0. The molecule has 306 valence electrons. The molecule has 0 spiro atoms. The quantitative estimate of drug-likeness (QED) is 0.100. The molecule has 0 bridgehead atoms. The lowest BCUT2D eigenvalue weighted by atomic mass is 10.4. The van der Waals surface area contributed by atoms with E-state index in [1.807, 2.05) is 17.8 Å². The highest BCUT2D eigenvalue weighted by atomic mass is 15.4. The topological polar surface area (TPSA) is 44.0 Å². The molecule has 5 aromatic heterocycles. The summed E-state index contributed by atoms with van der Waals surface area (Å²) in [7, 11) is 35.1. The van der Waals surface area contributed by atoms with Crippen molar-refractivity contribution in [1.82, 2.24) is 22.8 Å². The van der Waals surface area contributed by atoms with Gasteiger partial charge in [-0.3, -0.25) is 22.4 Å². The van der Waals surface area contributed by atoms with E-state index in [0.717, 1.165) is 81.9 Å². The van der Waals surface area contributed by atoms with Crippen LogP contribution in [0.4, 0.5) is 0 Å². The highest BCUT2D eigenvalue weighted by Gasteiger charge is 2.18. The van der Waals surface area contributed by atoms with Crippen molar-refractivity contribution in [3.05, 3.63) is 93.6 Å². The van der Waals surface area contributed by atoms with Crippen molar-refractivity contribution in [3.63, 3.8) is 0 Å². The zero-order valence-corrected chi connectivity index (χ0v) is 37.7. The number of aromatic nitrogens is 10. The minimum absolute atomic E-state index is 0.852. The van der Waals surface area contributed by atoms with Crippen LogP contribution in [-0.4, -0.2) is 151 Å². The van der Waals surface area contributed by atoms with E-state index in [1.54, 1.807) is 0 Å². The molecular formula is C40H81N15+10. The summed E-state index contributed by atoms with van der Waals surface area (Å²) in [6.45, 7) is 7.94. The molecule has 0 saturated heterocycles. The zero-order valence-electron chi connectivity index (χ0n) is 37.7. The monoisotopic (exact) mass is 772 g/mol. The van der Waals surface area contributed by atoms with Crippen LogP contribution < -0.4 is 22.8 Å². The van der Waals surface area contributed by atoms with E-state index < -0.39 is 0 Å². The summed E-state index contributed by atoms with van der Waals surface area (Å²) in [4.78, 5) is 0. The van der Waals surface area contributed by atoms with Crippen LogP contribution in [-0.2, 0) is 60.1 Å². The third kappa shape index (κ3) is 19.8. The molecule has 0 saturated carbocycles. The molecule has 55 heavy (non-hydrogen) atoms. The van der Waals surface area contributed by atoms with Gasteiger partial charge in [0.05, 0.1) is 126 Å². The number of rotatable bonds is 16. The Bertz CT molecular complexity index is 1750. The fourth-order valence-corrected chi connectivity index (χ4v) is 6.18. The minimum atomic E-state index is 0.852. The Kier molecular flexibility index (Phi) is 15.3. The van der Waals surface area contributed by atoms with Crippen molar-refractivity contribution < 1.29 is 45.3 Å². The molecule has 0 amide bonds. The maximum Gasteiger partial charge on any atom is 0.252 e. The standard InChI is InChI=1S/C17H34N6.C12H22N5.C11H25N4/c1-22(2,3)16-20-12-10-18(14-20)8-7-9-19-11-13-21(15-19)17-23(4,5)6;1-13-5-6-14(9-13)10-15-7-8-16(11-15)12-17(2,3)4;1-14(2,3)10-12-7-8-13(9-12)11-15(4,5)6/h10-15H,7-9,16-17H2,1-6H3;5-9,11H,10,12H2,1-4H3;7-9H,10-11H2,1-6H3/q+4;2*+3. The van der Waals surface area contributed by atoms with Gasteiger partial charge in [0, 0.05) is 6.42 Å². The minimum Gasteiger partial charge on any atom is -0.295 e. The van der Waals surface area contributed by atoms with Gasteiger partial charge >= 0.3 is 0 Å². The number of imidazole rings is 5. The molecule has 5 rings (SSSR count).